The highest BCUT2D eigenvalue weighted by Crippen LogP contribution is 2.28. The average Bonchev–Trinajstić information content (AvgIpc) is 3.03. The molecular formula is C19H17FN4O2. The predicted molar refractivity (Wildman–Crippen MR) is 96.5 cm³/mol. The van der Waals surface area contributed by atoms with Crippen molar-refractivity contribution in [3.05, 3.63) is 59.7 Å². The van der Waals surface area contributed by atoms with Crippen LogP contribution in [0, 0.1) is 5.82 Å². The number of hydrogen-bond acceptors (Lipinski definition) is 5. The van der Waals surface area contributed by atoms with Crippen LogP contribution < -0.4 is 10.6 Å². The van der Waals surface area contributed by atoms with Crippen LogP contribution in [0.2, 0.25) is 0 Å². The van der Waals surface area contributed by atoms with Crippen molar-refractivity contribution < 1.29 is 14.3 Å². The number of aliphatic hydroxyl groups is 1. The molecule has 1 heterocycles. The number of aromatic nitrogens is 2. The van der Waals surface area contributed by atoms with E-state index in [1.54, 1.807) is 6.07 Å². The number of nitrogens with one attached hydrogen (secondary N) is 2. The smallest absolute Gasteiger partial charge is 0.250 e. The van der Waals surface area contributed by atoms with Gasteiger partial charge in [0.15, 0.2) is 0 Å². The van der Waals surface area contributed by atoms with E-state index >= 15 is 0 Å². The fourth-order valence-corrected chi connectivity index (χ4v) is 3.34. The van der Waals surface area contributed by atoms with E-state index in [0.717, 1.165) is 23.8 Å². The molecule has 132 valence electrons. The number of rotatable bonds is 4. The Morgan fingerprint density at radius 2 is 2.00 bits per heavy atom. The summed E-state index contributed by atoms with van der Waals surface area (Å²) in [5, 5.41) is 15.7. The van der Waals surface area contributed by atoms with Crippen molar-refractivity contribution in [3.8, 4) is 0 Å². The maximum absolute atomic E-state index is 13.4. The SMILES string of the molecule is O=C(CO)Nc1ccc2c(c1)CC(Nc1ncnc3cc(F)ccc13)C2. The third kappa shape index (κ3) is 3.21. The van der Waals surface area contributed by atoms with Crippen LogP contribution >= 0.6 is 0 Å². The van der Waals surface area contributed by atoms with Gasteiger partial charge in [-0.1, -0.05) is 6.07 Å². The first kappa shape index (κ1) is 16.4. The zero-order chi connectivity index (χ0) is 18.1. The third-order valence-corrected chi connectivity index (χ3v) is 4.51. The number of anilines is 2. The highest BCUT2D eigenvalue weighted by Gasteiger charge is 2.22. The Morgan fingerprint density at radius 3 is 2.85 bits per heavy atom. The van der Waals surface area contributed by atoms with Gasteiger partial charge in [0, 0.05) is 23.2 Å². The summed E-state index contributed by atoms with van der Waals surface area (Å²) in [5.74, 6) is -0.0770. The minimum absolute atomic E-state index is 0.150. The summed E-state index contributed by atoms with van der Waals surface area (Å²) in [6.07, 6.45) is 3.04. The van der Waals surface area contributed by atoms with Crippen molar-refractivity contribution in [2.45, 2.75) is 18.9 Å². The van der Waals surface area contributed by atoms with Crippen LogP contribution in [0.4, 0.5) is 15.9 Å². The van der Waals surface area contributed by atoms with Crippen molar-refractivity contribution in [2.24, 2.45) is 0 Å². The van der Waals surface area contributed by atoms with Gasteiger partial charge in [-0.05, 0) is 48.2 Å². The third-order valence-electron chi connectivity index (χ3n) is 4.51. The molecule has 3 aromatic rings. The van der Waals surface area contributed by atoms with Gasteiger partial charge in [0.25, 0.3) is 0 Å². The lowest BCUT2D eigenvalue weighted by Crippen LogP contribution is -2.20. The van der Waals surface area contributed by atoms with Crippen LogP contribution in [-0.4, -0.2) is 33.6 Å². The van der Waals surface area contributed by atoms with Gasteiger partial charge in [-0.3, -0.25) is 4.79 Å². The number of halogens is 1. The molecule has 0 fully saturated rings. The average molecular weight is 352 g/mol. The molecule has 1 amide bonds. The van der Waals surface area contributed by atoms with E-state index in [2.05, 4.69) is 20.6 Å². The maximum Gasteiger partial charge on any atom is 0.250 e. The van der Waals surface area contributed by atoms with E-state index in [9.17, 15) is 9.18 Å². The number of amides is 1. The second-order valence-electron chi connectivity index (χ2n) is 6.32. The molecule has 2 aromatic carbocycles. The summed E-state index contributed by atoms with van der Waals surface area (Å²) in [4.78, 5) is 19.7. The molecule has 0 aliphatic heterocycles. The van der Waals surface area contributed by atoms with Crippen molar-refractivity contribution in [1.29, 1.82) is 0 Å². The van der Waals surface area contributed by atoms with Gasteiger partial charge in [0.2, 0.25) is 5.91 Å². The maximum atomic E-state index is 13.4. The number of nitrogens with zero attached hydrogens (tertiary/aromatic N) is 2. The van der Waals surface area contributed by atoms with Crippen molar-refractivity contribution in [1.82, 2.24) is 9.97 Å². The fraction of sp³-hybridized carbons (Fsp3) is 0.211. The number of fused-ring (bicyclic) bond motifs is 2. The Balaban J connectivity index is 1.53. The van der Waals surface area contributed by atoms with Crippen LogP contribution in [0.1, 0.15) is 11.1 Å². The minimum atomic E-state index is -0.539. The molecule has 26 heavy (non-hydrogen) atoms. The summed E-state index contributed by atoms with van der Waals surface area (Å²) in [6.45, 7) is -0.539. The van der Waals surface area contributed by atoms with Crippen LogP contribution in [0.15, 0.2) is 42.7 Å². The summed E-state index contributed by atoms with van der Waals surface area (Å²) >= 11 is 0. The normalized spacial score (nSPS) is 15.7. The molecule has 7 heteroatoms. The van der Waals surface area contributed by atoms with Crippen LogP contribution in [0.5, 0.6) is 0 Å². The first-order valence-electron chi connectivity index (χ1n) is 8.31. The minimum Gasteiger partial charge on any atom is -0.387 e. The number of benzene rings is 2. The van der Waals surface area contributed by atoms with Crippen molar-refractivity contribution in [3.63, 3.8) is 0 Å². The fourth-order valence-electron chi connectivity index (χ4n) is 3.34. The molecule has 3 N–H and O–H groups in total. The molecule has 0 bridgehead atoms. The predicted octanol–water partition coefficient (Wildman–Crippen LogP) is 2.28. The van der Waals surface area contributed by atoms with Gasteiger partial charge in [0.1, 0.15) is 24.6 Å². The molecule has 1 atom stereocenters. The monoisotopic (exact) mass is 352 g/mol. The van der Waals surface area contributed by atoms with E-state index in [0.29, 0.717) is 17.0 Å². The second-order valence-corrected chi connectivity index (χ2v) is 6.32. The lowest BCUT2D eigenvalue weighted by molar-refractivity contribution is -0.118. The molecule has 0 radical (unpaired) electrons. The number of hydrogen-bond donors (Lipinski definition) is 3. The largest absolute Gasteiger partial charge is 0.387 e. The zero-order valence-corrected chi connectivity index (χ0v) is 13.9. The standard InChI is InChI=1S/C19H17FN4O2/c20-13-2-4-16-17(8-13)21-10-22-19(16)24-15-5-11-1-3-14(6-12(11)7-15)23-18(26)9-25/h1-4,6,8,10,15,25H,5,7,9H2,(H,23,26)(H,21,22,24). The first-order valence-corrected chi connectivity index (χ1v) is 8.31. The molecule has 0 spiro atoms. The van der Waals surface area contributed by atoms with Crippen LogP contribution in [0.3, 0.4) is 0 Å². The van der Waals surface area contributed by atoms with Gasteiger partial charge in [-0.25, -0.2) is 14.4 Å². The molecule has 4 rings (SSSR count). The Hall–Kier alpha value is -3.06. The van der Waals surface area contributed by atoms with Gasteiger partial charge in [0.05, 0.1) is 5.52 Å². The Morgan fingerprint density at radius 1 is 1.15 bits per heavy atom. The topological polar surface area (TPSA) is 87.1 Å². The van der Waals surface area contributed by atoms with Crippen molar-refractivity contribution in [2.75, 3.05) is 17.2 Å². The number of carbonyl (C=O) groups excluding carboxylic acids is 1. The van der Waals surface area contributed by atoms with E-state index < -0.39 is 12.5 Å². The first-order chi connectivity index (χ1) is 12.6. The Labute approximate surface area is 149 Å². The molecule has 1 aliphatic carbocycles. The molecule has 0 saturated carbocycles. The number of carbonyl (C=O) groups is 1. The highest BCUT2D eigenvalue weighted by molar-refractivity contribution is 5.91. The van der Waals surface area contributed by atoms with Gasteiger partial charge in [-0.15, -0.1) is 0 Å². The van der Waals surface area contributed by atoms with Gasteiger partial charge in [-0.2, -0.15) is 0 Å². The van der Waals surface area contributed by atoms with Crippen molar-refractivity contribution >= 4 is 28.3 Å². The summed E-state index contributed by atoms with van der Waals surface area (Å²) in [7, 11) is 0. The quantitative estimate of drug-likeness (QED) is 0.671. The van der Waals surface area contributed by atoms with E-state index in [4.69, 9.17) is 5.11 Å². The van der Waals surface area contributed by atoms with E-state index in [1.165, 1.54) is 24.0 Å². The van der Waals surface area contributed by atoms with Gasteiger partial charge >= 0.3 is 0 Å². The molecule has 1 aromatic heterocycles. The highest BCUT2D eigenvalue weighted by atomic mass is 19.1. The Bertz CT molecular complexity index is 992. The molecule has 1 aliphatic rings. The van der Waals surface area contributed by atoms with E-state index in [-0.39, 0.29) is 11.9 Å². The lowest BCUT2D eigenvalue weighted by Gasteiger charge is -2.14. The zero-order valence-electron chi connectivity index (χ0n) is 13.9. The molecular weight excluding hydrogens is 335 g/mol. The van der Waals surface area contributed by atoms with Crippen LogP contribution in [0.25, 0.3) is 10.9 Å². The molecule has 1 unspecified atom stereocenters. The summed E-state index contributed by atoms with van der Waals surface area (Å²) in [6, 6.07) is 10.4. The second kappa shape index (κ2) is 6.68. The lowest BCUT2D eigenvalue weighted by atomic mass is 10.1. The number of aliphatic hydroxyl groups excluding tert-OH is 1. The van der Waals surface area contributed by atoms with Gasteiger partial charge < -0.3 is 15.7 Å². The van der Waals surface area contributed by atoms with Crippen LogP contribution in [-0.2, 0) is 17.6 Å². The summed E-state index contributed by atoms with van der Waals surface area (Å²) < 4.78 is 13.4. The Kier molecular flexibility index (Phi) is 4.22. The molecule has 0 saturated heterocycles. The molecule has 6 nitrogen and oxygen atoms in total. The summed E-state index contributed by atoms with van der Waals surface area (Å²) in [5.41, 5.74) is 3.58. The van der Waals surface area contributed by atoms with E-state index in [1.807, 2.05) is 18.2 Å².